The van der Waals surface area contributed by atoms with E-state index in [0.717, 1.165) is 26.2 Å². The summed E-state index contributed by atoms with van der Waals surface area (Å²) in [7, 11) is 2.15. The van der Waals surface area contributed by atoms with Crippen LogP contribution in [-0.2, 0) is 4.79 Å². The highest BCUT2D eigenvalue weighted by Gasteiger charge is 2.31. The summed E-state index contributed by atoms with van der Waals surface area (Å²) in [6.45, 7) is 10.2. The van der Waals surface area contributed by atoms with Gasteiger partial charge in [0.1, 0.15) is 0 Å². The van der Waals surface area contributed by atoms with Crippen LogP contribution >= 0.6 is 0 Å². The van der Waals surface area contributed by atoms with Gasteiger partial charge in [0.05, 0.1) is 0 Å². The molecule has 1 aliphatic heterocycles. The molecule has 94 valence electrons. The van der Waals surface area contributed by atoms with Gasteiger partial charge in [-0.3, -0.25) is 20.0 Å². The average Bonchev–Trinajstić information content (AvgIpc) is 2.21. The van der Waals surface area contributed by atoms with Crippen LogP contribution in [0.1, 0.15) is 20.8 Å². The molecule has 1 aliphatic rings. The number of hydrazine groups is 1. The van der Waals surface area contributed by atoms with Gasteiger partial charge < -0.3 is 0 Å². The minimum Gasteiger partial charge on any atom is -0.299 e. The normalized spacial score (nSPS) is 24.1. The summed E-state index contributed by atoms with van der Waals surface area (Å²) >= 11 is 0. The van der Waals surface area contributed by atoms with E-state index < -0.39 is 0 Å². The van der Waals surface area contributed by atoms with Gasteiger partial charge in [-0.25, -0.2) is 5.84 Å². The van der Waals surface area contributed by atoms with Crippen LogP contribution < -0.4 is 11.3 Å². The van der Waals surface area contributed by atoms with Crippen molar-refractivity contribution in [3.8, 4) is 0 Å². The standard InChI is InChI=1S/C11H24N4O/c1-9(10(16)13-12)7-15-6-5-14(4)11(2,3)8-15/h9H,5-8,12H2,1-4H3,(H,13,16). The zero-order valence-electron chi connectivity index (χ0n) is 10.8. The highest BCUT2D eigenvalue weighted by atomic mass is 16.2. The lowest BCUT2D eigenvalue weighted by atomic mass is 9.98. The van der Waals surface area contributed by atoms with E-state index in [4.69, 9.17) is 5.84 Å². The Morgan fingerprint density at radius 1 is 1.50 bits per heavy atom. The monoisotopic (exact) mass is 228 g/mol. The van der Waals surface area contributed by atoms with Crippen molar-refractivity contribution in [1.82, 2.24) is 15.2 Å². The Hall–Kier alpha value is -0.650. The van der Waals surface area contributed by atoms with Crippen molar-refractivity contribution in [2.45, 2.75) is 26.3 Å². The van der Waals surface area contributed by atoms with Crippen LogP contribution in [0.4, 0.5) is 0 Å². The first-order valence-electron chi connectivity index (χ1n) is 5.81. The zero-order chi connectivity index (χ0) is 12.3. The van der Waals surface area contributed by atoms with Crippen molar-refractivity contribution in [1.29, 1.82) is 0 Å². The van der Waals surface area contributed by atoms with Crippen LogP contribution in [0.3, 0.4) is 0 Å². The fourth-order valence-corrected chi connectivity index (χ4v) is 2.11. The minimum absolute atomic E-state index is 0.0517. The molecule has 0 aliphatic carbocycles. The van der Waals surface area contributed by atoms with Crippen molar-refractivity contribution < 1.29 is 4.79 Å². The predicted octanol–water partition coefficient (Wildman–Crippen LogP) is -0.362. The number of hydrogen-bond donors (Lipinski definition) is 2. The van der Waals surface area contributed by atoms with E-state index in [9.17, 15) is 4.79 Å². The first-order chi connectivity index (χ1) is 7.36. The summed E-state index contributed by atoms with van der Waals surface area (Å²) in [6, 6.07) is 0. The molecule has 1 unspecified atom stereocenters. The van der Waals surface area contributed by atoms with Crippen molar-refractivity contribution in [2.75, 3.05) is 33.2 Å². The summed E-state index contributed by atoms with van der Waals surface area (Å²) in [6.07, 6.45) is 0. The Labute approximate surface area is 97.9 Å². The minimum atomic E-state index is -0.0864. The maximum absolute atomic E-state index is 11.3. The molecule has 0 aromatic carbocycles. The van der Waals surface area contributed by atoms with Crippen LogP contribution in [0, 0.1) is 5.92 Å². The molecule has 3 N–H and O–H groups in total. The van der Waals surface area contributed by atoms with Gasteiger partial charge in [0.2, 0.25) is 5.91 Å². The third kappa shape index (κ3) is 3.17. The van der Waals surface area contributed by atoms with Gasteiger partial charge in [0, 0.05) is 37.6 Å². The number of likely N-dealkylation sites (N-methyl/N-ethyl adjacent to an activating group) is 1. The lowest BCUT2D eigenvalue weighted by Gasteiger charge is -2.45. The largest absolute Gasteiger partial charge is 0.299 e. The summed E-state index contributed by atoms with van der Waals surface area (Å²) < 4.78 is 0. The molecule has 1 amide bonds. The van der Waals surface area contributed by atoms with Crippen LogP contribution in [-0.4, -0.2) is 54.5 Å². The number of rotatable bonds is 3. The second kappa shape index (κ2) is 5.12. The lowest BCUT2D eigenvalue weighted by Crippen LogP contribution is -2.58. The van der Waals surface area contributed by atoms with Crippen LogP contribution in [0.25, 0.3) is 0 Å². The maximum Gasteiger partial charge on any atom is 0.237 e. The van der Waals surface area contributed by atoms with E-state index in [2.05, 4.69) is 36.1 Å². The molecule has 1 atom stereocenters. The molecule has 16 heavy (non-hydrogen) atoms. The van der Waals surface area contributed by atoms with Crippen molar-refractivity contribution in [3.63, 3.8) is 0 Å². The number of carbonyl (C=O) groups excluding carboxylic acids is 1. The highest BCUT2D eigenvalue weighted by molar-refractivity contribution is 5.77. The van der Waals surface area contributed by atoms with Crippen LogP contribution in [0.15, 0.2) is 0 Å². The molecule has 0 aromatic heterocycles. The van der Waals surface area contributed by atoms with Crippen LogP contribution in [0.2, 0.25) is 0 Å². The lowest BCUT2D eigenvalue weighted by molar-refractivity contribution is -0.125. The van der Waals surface area contributed by atoms with Crippen molar-refractivity contribution in [3.05, 3.63) is 0 Å². The van der Waals surface area contributed by atoms with E-state index in [1.54, 1.807) is 0 Å². The smallest absolute Gasteiger partial charge is 0.237 e. The summed E-state index contributed by atoms with van der Waals surface area (Å²) in [5.74, 6) is 4.99. The van der Waals surface area contributed by atoms with Gasteiger partial charge in [-0.2, -0.15) is 0 Å². The van der Waals surface area contributed by atoms with E-state index in [0.29, 0.717) is 0 Å². The van der Waals surface area contributed by atoms with Crippen molar-refractivity contribution in [2.24, 2.45) is 11.8 Å². The Morgan fingerprint density at radius 3 is 2.62 bits per heavy atom. The predicted molar refractivity (Wildman–Crippen MR) is 64.6 cm³/mol. The van der Waals surface area contributed by atoms with Gasteiger partial charge in [-0.15, -0.1) is 0 Å². The second-order valence-corrected chi connectivity index (χ2v) is 5.38. The quantitative estimate of drug-likeness (QED) is 0.393. The fourth-order valence-electron chi connectivity index (χ4n) is 2.11. The number of hydrogen-bond acceptors (Lipinski definition) is 4. The van der Waals surface area contributed by atoms with Gasteiger partial charge in [0.25, 0.3) is 0 Å². The number of nitrogens with one attached hydrogen (secondary N) is 1. The topological polar surface area (TPSA) is 61.6 Å². The number of nitrogens with zero attached hydrogens (tertiary/aromatic N) is 2. The molecular formula is C11H24N4O. The zero-order valence-corrected chi connectivity index (χ0v) is 10.8. The Bertz CT molecular complexity index is 254. The molecule has 0 saturated carbocycles. The maximum atomic E-state index is 11.3. The average molecular weight is 228 g/mol. The Balaban J connectivity index is 2.48. The molecule has 0 radical (unpaired) electrons. The van der Waals surface area contributed by atoms with Crippen LogP contribution in [0.5, 0.6) is 0 Å². The summed E-state index contributed by atoms with van der Waals surface area (Å²) in [5, 5.41) is 0. The molecule has 5 nitrogen and oxygen atoms in total. The number of amides is 1. The third-order valence-electron chi connectivity index (χ3n) is 3.52. The number of carbonyl (C=O) groups is 1. The van der Waals surface area contributed by atoms with Gasteiger partial charge in [-0.05, 0) is 20.9 Å². The molecular weight excluding hydrogens is 204 g/mol. The molecule has 0 bridgehead atoms. The Morgan fingerprint density at radius 2 is 2.12 bits per heavy atom. The van der Waals surface area contributed by atoms with Gasteiger partial charge >= 0.3 is 0 Å². The van der Waals surface area contributed by atoms with E-state index >= 15 is 0 Å². The molecule has 1 fully saturated rings. The van der Waals surface area contributed by atoms with Crippen molar-refractivity contribution >= 4 is 5.91 Å². The highest BCUT2D eigenvalue weighted by Crippen LogP contribution is 2.19. The first kappa shape index (κ1) is 13.4. The second-order valence-electron chi connectivity index (χ2n) is 5.38. The molecule has 1 heterocycles. The van der Waals surface area contributed by atoms with Gasteiger partial charge in [0.15, 0.2) is 0 Å². The number of nitrogens with two attached hydrogens (primary N) is 1. The molecule has 1 rings (SSSR count). The van der Waals surface area contributed by atoms with E-state index in [1.165, 1.54) is 0 Å². The van der Waals surface area contributed by atoms with Gasteiger partial charge in [-0.1, -0.05) is 6.92 Å². The third-order valence-corrected chi connectivity index (χ3v) is 3.52. The molecule has 1 saturated heterocycles. The fraction of sp³-hybridized carbons (Fsp3) is 0.909. The molecule has 5 heteroatoms. The number of piperazine rings is 1. The first-order valence-corrected chi connectivity index (χ1v) is 5.81. The summed E-state index contributed by atoms with van der Waals surface area (Å²) in [4.78, 5) is 16.0. The van der Waals surface area contributed by atoms with E-state index in [-0.39, 0.29) is 17.4 Å². The Kier molecular flexibility index (Phi) is 4.29. The van der Waals surface area contributed by atoms with E-state index in [1.807, 2.05) is 6.92 Å². The molecule has 0 spiro atoms. The molecule has 0 aromatic rings. The summed E-state index contributed by atoms with van der Waals surface area (Å²) in [5.41, 5.74) is 2.39. The SMILES string of the molecule is CC(CN1CCN(C)C(C)(C)C1)C(=O)NN.